The van der Waals surface area contributed by atoms with Gasteiger partial charge in [0.05, 0.1) is 30.0 Å². The summed E-state index contributed by atoms with van der Waals surface area (Å²) >= 11 is 0. The van der Waals surface area contributed by atoms with Crippen LogP contribution in [0.3, 0.4) is 0 Å². The first kappa shape index (κ1) is 16.2. The molecule has 0 aliphatic heterocycles. The van der Waals surface area contributed by atoms with Crippen LogP contribution in [0, 0.1) is 45.8 Å². The zero-order chi connectivity index (χ0) is 17.3. The quantitative estimate of drug-likeness (QED) is 0.637. The van der Waals surface area contributed by atoms with Crippen LogP contribution in [0.1, 0.15) is 46.0 Å². The van der Waals surface area contributed by atoms with E-state index < -0.39 is 17.6 Å². The summed E-state index contributed by atoms with van der Waals surface area (Å²) in [5, 5.41) is 41.3. The van der Waals surface area contributed by atoms with Crippen LogP contribution in [0.5, 0.6) is 0 Å². The molecule has 0 amide bonds. The highest BCUT2D eigenvalue weighted by molar-refractivity contribution is 5.38. The second-order valence-corrected chi connectivity index (χ2v) is 8.87. The van der Waals surface area contributed by atoms with Crippen molar-refractivity contribution in [3.63, 3.8) is 0 Å². The van der Waals surface area contributed by atoms with E-state index in [-0.39, 0.29) is 29.4 Å². The van der Waals surface area contributed by atoms with E-state index in [0.29, 0.717) is 18.3 Å². The van der Waals surface area contributed by atoms with Crippen LogP contribution in [-0.4, -0.2) is 27.5 Å². The van der Waals surface area contributed by atoms with Crippen LogP contribution in [0.25, 0.3) is 0 Å². The Bertz CT molecular complexity index is 662. The predicted octanol–water partition coefficient (Wildman–Crippen LogP) is 3.08. The van der Waals surface area contributed by atoms with Crippen molar-refractivity contribution in [3.05, 3.63) is 23.5 Å². The Hall–Kier alpha value is -1.31. The average molecular weight is 329 g/mol. The molecule has 8 atom stereocenters. The van der Waals surface area contributed by atoms with E-state index >= 15 is 0 Å². The fourth-order valence-electron chi connectivity index (χ4n) is 6.69. The van der Waals surface area contributed by atoms with Crippen molar-refractivity contribution in [2.24, 2.45) is 34.5 Å². The Morgan fingerprint density at radius 3 is 2.71 bits per heavy atom. The van der Waals surface area contributed by atoms with Gasteiger partial charge in [-0.2, -0.15) is 5.26 Å². The molecule has 4 aliphatic carbocycles. The maximum absolute atomic E-state index is 11.1. The van der Waals surface area contributed by atoms with E-state index in [0.717, 1.165) is 24.8 Å². The minimum absolute atomic E-state index is 0.00707. The molecule has 4 aliphatic rings. The Morgan fingerprint density at radius 1 is 1.25 bits per heavy atom. The lowest BCUT2D eigenvalue weighted by molar-refractivity contribution is -0.140. The predicted molar refractivity (Wildman–Crippen MR) is 89.7 cm³/mol. The van der Waals surface area contributed by atoms with Crippen LogP contribution < -0.4 is 0 Å². The number of aliphatic hydroxyl groups excluding tert-OH is 3. The third-order valence-electron chi connectivity index (χ3n) is 7.95. The highest BCUT2D eigenvalue weighted by Crippen LogP contribution is 2.65. The lowest BCUT2D eigenvalue weighted by Gasteiger charge is -2.59. The number of hydrogen-bond acceptors (Lipinski definition) is 4. The van der Waals surface area contributed by atoms with Gasteiger partial charge in [0.1, 0.15) is 0 Å². The molecule has 0 bridgehead atoms. The fraction of sp³-hybridized carbons (Fsp3) is 0.750. The van der Waals surface area contributed by atoms with E-state index in [9.17, 15) is 20.6 Å². The molecule has 4 rings (SSSR count). The molecular weight excluding hydrogens is 302 g/mol. The largest absolute Gasteiger partial charge is 0.512 e. The standard InChI is InChI=1S/C20H27NO3/c1-19-9-16(23)18-14(15(19)6-4-12(19)10-21)5-3-11-7-13(22)8-17(24)20(11,18)2/h3,7,12,14-18,22-24H,4-6,8-9H2,1-2H3/t12-,14+,15+,16+,17+,18-,19-,20-/m1/s1. The lowest BCUT2D eigenvalue weighted by atomic mass is 9.46. The second-order valence-electron chi connectivity index (χ2n) is 8.87. The van der Waals surface area contributed by atoms with Gasteiger partial charge in [0.25, 0.3) is 0 Å². The minimum atomic E-state index is -0.672. The molecule has 3 N–H and O–H groups in total. The summed E-state index contributed by atoms with van der Waals surface area (Å²) in [7, 11) is 0. The maximum atomic E-state index is 11.1. The van der Waals surface area contributed by atoms with Gasteiger partial charge in [0, 0.05) is 17.8 Å². The van der Waals surface area contributed by atoms with Gasteiger partial charge >= 0.3 is 0 Å². The minimum Gasteiger partial charge on any atom is -0.512 e. The smallest absolute Gasteiger partial charge is 0.0951 e. The number of fused-ring (bicyclic) bond motifs is 5. The van der Waals surface area contributed by atoms with Crippen LogP contribution in [0.2, 0.25) is 0 Å². The third-order valence-corrected chi connectivity index (χ3v) is 7.95. The second kappa shape index (κ2) is 5.09. The first-order valence-electron chi connectivity index (χ1n) is 9.18. The van der Waals surface area contributed by atoms with E-state index in [2.05, 4.69) is 19.1 Å². The van der Waals surface area contributed by atoms with Crippen LogP contribution in [-0.2, 0) is 0 Å². The fourth-order valence-corrected chi connectivity index (χ4v) is 6.69. The molecule has 2 fully saturated rings. The van der Waals surface area contributed by atoms with Gasteiger partial charge in [-0.1, -0.05) is 19.9 Å². The molecule has 0 aromatic heterocycles. The molecule has 0 aromatic carbocycles. The molecule has 0 heterocycles. The molecule has 4 nitrogen and oxygen atoms in total. The van der Waals surface area contributed by atoms with Gasteiger partial charge in [-0.05, 0) is 54.6 Å². The number of nitrogens with zero attached hydrogens (tertiary/aromatic N) is 1. The number of aliphatic hydroxyl groups is 3. The molecular formula is C20H27NO3. The summed E-state index contributed by atoms with van der Waals surface area (Å²) in [4.78, 5) is 0. The molecule has 2 saturated carbocycles. The van der Waals surface area contributed by atoms with Crippen LogP contribution >= 0.6 is 0 Å². The van der Waals surface area contributed by atoms with Gasteiger partial charge in [-0.3, -0.25) is 0 Å². The molecule has 0 spiro atoms. The summed E-state index contributed by atoms with van der Waals surface area (Å²) in [6.45, 7) is 4.23. The molecule has 130 valence electrons. The molecule has 0 unspecified atom stereocenters. The van der Waals surface area contributed by atoms with Gasteiger partial charge < -0.3 is 15.3 Å². The highest BCUT2D eigenvalue weighted by Gasteiger charge is 2.63. The van der Waals surface area contributed by atoms with Crippen LogP contribution in [0.15, 0.2) is 23.5 Å². The van der Waals surface area contributed by atoms with E-state index in [4.69, 9.17) is 0 Å². The highest BCUT2D eigenvalue weighted by atomic mass is 16.3. The van der Waals surface area contributed by atoms with Gasteiger partial charge in [-0.15, -0.1) is 0 Å². The molecule has 0 aromatic rings. The van der Waals surface area contributed by atoms with Gasteiger partial charge in [-0.25, -0.2) is 0 Å². The summed E-state index contributed by atoms with van der Waals surface area (Å²) in [6.07, 6.45) is 6.48. The third kappa shape index (κ3) is 1.86. The van der Waals surface area contributed by atoms with Crippen molar-refractivity contribution < 1.29 is 15.3 Å². The molecule has 0 radical (unpaired) electrons. The number of nitriles is 1. The van der Waals surface area contributed by atoms with Crippen molar-refractivity contribution in [1.82, 2.24) is 0 Å². The van der Waals surface area contributed by atoms with E-state index in [1.165, 1.54) is 0 Å². The van der Waals surface area contributed by atoms with Crippen molar-refractivity contribution in [1.29, 1.82) is 5.26 Å². The Labute approximate surface area is 143 Å². The zero-order valence-electron chi connectivity index (χ0n) is 14.4. The number of allylic oxidation sites excluding steroid dienone is 2. The first-order valence-corrected chi connectivity index (χ1v) is 9.18. The molecule has 4 heteroatoms. The molecule has 0 saturated heterocycles. The SMILES string of the molecule is C[C@]12C[C@H](O)[C@H]3[C@@H](CC=C4C=C(O)C[C@H](O)[C@@]43C)[C@@H]1CC[C@@H]2C#N. The molecule has 24 heavy (non-hydrogen) atoms. The van der Waals surface area contributed by atoms with Crippen molar-refractivity contribution >= 4 is 0 Å². The average Bonchev–Trinajstić information content (AvgIpc) is 2.84. The first-order chi connectivity index (χ1) is 11.3. The summed E-state index contributed by atoms with van der Waals surface area (Å²) < 4.78 is 0. The zero-order valence-corrected chi connectivity index (χ0v) is 14.4. The van der Waals surface area contributed by atoms with E-state index in [1.54, 1.807) is 6.08 Å². The maximum Gasteiger partial charge on any atom is 0.0951 e. The Kier molecular flexibility index (Phi) is 3.43. The van der Waals surface area contributed by atoms with E-state index in [1.807, 2.05) is 6.92 Å². The van der Waals surface area contributed by atoms with Gasteiger partial charge in [0.2, 0.25) is 0 Å². The summed E-state index contributed by atoms with van der Waals surface area (Å²) in [6, 6.07) is 2.48. The summed E-state index contributed by atoms with van der Waals surface area (Å²) in [5.74, 6) is 0.972. The Balaban J connectivity index is 1.79. The number of rotatable bonds is 0. The number of hydrogen-bond donors (Lipinski definition) is 3. The topological polar surface area (TPSA) is 84.5 Å². The summed E-state index contributed by atoms with van der Waals surface area (Å²) in [5.41, 5.74) is 0.340. The van der Waals surface area contributed by atoms with Crippen molar-refractivity contribution in [2.45, 2.75) is 58.2 Å². The van der Waals surface area contributed by atoms with Crippen molar-refractivity contribution in [3.8, 4) is 6.07 Å². The Morgan fingerprint density at radius 2 is 2.00 bits per heavy atom. The van der Waals surface area contributed by atoms with Crippen molar-refractivity contribution in [2.75, 3.05) is 0 Å². The van der Waals surface area contributed by atoms with Gasteiger partial charge in [0.15, 0.2) is 0 Å². The normalized spacial score (nSPS) is 53.1. The monoisotopic (exact) mass is 329 g/mol. The van der Waals surface area contributed by atoms with Crippen LogP contribution in [0.4, 0.5) is 0 Å². The lowest BCUT2D eigenvalue weighted by Crippen LogP contribution is -2.58.